The van der Waals surface area contributed by atoms with Gasteiger partial charge < -0.3 is 0 Å². The zero-order valence-corrected chi connectivity index (χ0v) is 12.6. The molecule has 3 aromatic rings. The van der Waals surface area contributed by atoms with E-state index in [0.717, 1.165) is 43.1 Å². The molecule has 2 aromatic heterocycles. The lowest BCUT2D eigenvalue weighted by molar-refractivity contribution is 0.238. The molecule has 0 fully saturated rings. The first-order valence-corrected chi connectivity index (χ1v) is 7.58. The number of hydrogen-bond donors (Lipinski definition) is 0. The van der Waals surface area contributed by atoms with Gasteiger partial charge in [-0.3, -0.25) is 4.90 Å². The third kappa shape index (κ3) is 2.98. The Kier molecular flexibility index (Phi) is 3.59. The Morgan fingerprint density at radius 1 is 1.22 bits per heavy atom. The van der Waals surface area contributed by atoms with E-state index in [1.54, 1.807) is 17.1 Å². The maximum atomic E-state index is 13.3. The average Bonchev–Trinajstić information content (AvgIpc) is 3.03. The molecule has 0 N–H and O–H groups in total. The summed E-state index contributed by atoms with van der Waals surface area (Å²) in [5.41, 5.74) is 4.02. The van der Waals surface area contributed by atoms with Crippen molar-refractivity contribution in [1.29, 1.82) is 0 Å². The van der Waals surface area contributed by atoms with Gasteiger partial charge in [-0.05, 0) is 36.2 Å². The molecule has 0 radical (unpaired) electrons. The Bertz CT molecular complexity index is 829. The van der Waals surface area contributed by atoms with E-state index >= 15 is 0 Å². The second kappa shape index (κ2) is 5.89. The second-order valence-electron chi connectivity index (χ2n) is 5.69. The van der Waals surface area contributed by atoms with Crippen LogP contribution in [0.1, 0.15) is 17.0 Å². The molecule has 0 atom stereocenters. The minimum absolute atomic E-state index is 0.258. The summed E-state index contributed by atoms with van der Waals surface area (Å²) >= 11 is 0. The van der Waals surface area contributed by atoms with Gasteiger partial charge in [-0.15, -0.1) is 0 Å². The van der Waals surface area contributed by atoms with Gasteiger partial charge in [0.2, 0.25) is 0 Å². The summed E-state index contributed by atoms with van der Waals surface area (Å²) in [5.74, 6) is -0.258. The smallest absolute Gasteiger partial charge is 0.125 e. The van der Waals surface area contributed by atoms with Crippen LogP contribution in [0.5, 0.6) is 0 Å². The molecule has 6 heteroatoms. The summed E-state index contributed by atoms with van der Waals surface area (Å²) in [4.78, 5) is 10.7. The molecule has 23 heavy (non-hydrogen) atoms. The predicted octanol–water partition coefficient (Wildman–Crippen LogP) is 2.36. The summed E-state index contributed by atoms with van der Waals surface area (Å²) in [6, 6.07) is 8.41. The van der Waals surface area contributed by atoms with Gasteiger partial charge in [-0.2, -0.15) is 5.10 Å². The Balaban J connectivity index is 1.48. The molecule has 1 aliphatic rings. The van der Waals surface area contributed by atoms with Crippen molar-refractivity contribution in [2.24, 2.45) is 0 Å². The van der Waals surface area contributed by atoms with Gasteiger partial charge in [0.25, 0.3) is 0 Å². The quantitative estimate of drug-likeness (QED) is 0.745. The number of hydrogen-bond acceptors (Lipinski definition) is 4. The van der Waals surface area contributed by atoms with Gasteiger partial charge >= 0.3 is 0 Å². The Morgan fingerprint density at radius 3 is 3.09 bits per heavy atom. The molecule has 3 heterocycles. The van der Waals surface area contributed by atoms with E-state index in [9.17, 15) is 4.39 Å². The molecular weight excluding hydrogens is 293 g/mol. The van der Waals surface area contributed by atoms with E-state index in [1.807, 2.05) is 24.5 Å². The molecule has 0 unspecified atom stereocenters. The monoisotopic (exact) mass is 309 g/mol. The van der Waals surface area contributed by atoms with Crippen LogP contribution < -0.4 is 0 Å². The fraction of sp³-hybridized carbons (Fsp3) is 0.235. The van der Waals surface area contributed by atoms with Crippen molar-refractivity contribution in [1.82, 2.24) is 24.6 Å². The number of nitrogens with zero attached hydrogens (tertiary/aromatic N) is 5. The first-order chi connectivity index (χ1) is 11.3. The second-order valence-corrected chi connectivity index (χ2v) is 5.69. The molecule has 116 valence electrons. The highest BCUT2D eigenvalue weighted by atomic mass is 19.1. The lowest BCUT2D eigenvalue weighted by Gasteiger charge is -2.26. The van der Waals surface area contributed by atoms with Gasteiger partial charge in [-0.1, -0.05) is 6.07 Å². The fourth-order valence-electron chi connectivity index (χ4n) is 2.88. The van der Waals surface area contributed by atoms with E-state index < -0.39 is 0 Å². The summed E-state index contributed by atoms with van der Waals surface area (Å²) in [6.45, 7) is 2.53. The van der Waals surface area contributed by atoms with Crippen LogP contribution in [0, 0.1) is 5.82 Å². The van der Waals surface area contributed by atoms with Crippen molar-refractivity contribution in [2.75, 3.05) is 6.54 Å². The lowest BCUT2D eigenvalue weighted by Crippen LogP contribution is -2.31. The van der Waals surface area contributed by atoms with Gasteiger partial charge in [-0.25, -0.2) is 19.0 Å². The topological polar surface area (TPSA) is 46.8 Å². The van der Waals surface area contributed by atoms with Crippen molar-refractivity contribution >= 4 is 0 Å². The van der Waals surface area contributed by atoms with Crippen LogP contribution in [-0.4, -0.2) is 31.2 Å². The van der Waals surface area contributed by atoms with Crippen molar-refractivity contribution in [3.8, 4) is 5.69 Å². The van der Waals surface area contributed by atoms with Gasteiger partial charge in [0.05, 0.1) is 17.1 Å². The van der Waals surface area contributed by atoms with Crippen molar-refractivity contribution in [2.45, 2.75) is 19.5 Å². The standard InChI is InChI=1S/C17H16FN5/c18-14-2-1-3-16(8-14)23-7-5-15(21-23)10-22-6-4-13-9-19-12-20-17(13)11-22/h1-3,5,7-9,12H,4,6,10-11H2. The first kappa shape index (κ1) is 14.0. The number of benzene rings is 1. The Labute approximate surface area is 133 Å². The zero-order valence-electron chi connectivity index (χ0n) is 12.6. The Hall–Kier alpha value is -2.60. The minimum atomic E-state index is -0.258. The third-order valence-electron chi connectivity index (χ3n) is 4.05. The molecular formula is C17H16FN5. The molecule has 5 nitrogen and oxygen atoms in total. The fourth-order valence-corrected chi connectivity index (χ4v) is 2.88. The molecule has 0 aliphatic carbocycles. The van der Waals surface area contributed by atoms with E-state index in [4.69, 9.17) is 0 Å². The van der Waals surface area contributed by atoms with Crippen molar-refractivity contribution in [3.05, 3.63) is 71.8 Å². The van der Waals surface area contributed by atoms with Crippen molar-refractivity contribution < 1.29 is 4.39 Å². The number of aromatic nitrogens is 4. The lowest BCUT2D eigenvalue weighted by atomic mass is 10.1. The van der Waals surface area contributed by atoms with E-state index in [1.165, 1.54) is 17.7 Å². The normalized spacial score (nSPS) is 14.7. The molecule has 1 aliphatic heterocycles. The van der Waals surface area contributed by atoms with E-state index in [0.29, 0.717) is 0 Å². The largest absolute Gasteiger partial charge is 0.291 e. The van der Waals surface area contributed by atoms with Crippen LogP contribution in [0.25, 0.3) is 5.69 Å². The highest BCUT2D eigenvalue weighted by molar-refractivity contribution is 5.31. The van der Waals surface area contributed by atoms with Gasteiger partial charge in [0, 0.05) is 32.0 Å². The van der Waals surface area contributed by atoms with Crippen molar-refractivity contribution in [3.63, 3.8) is 0 Å². The Morgan fingerprint density at radius 2 is 2.17 bits per heavy atom. The highest BCUT2D eigenvalue weighted by Crippen LogP contribution is 2.17. The number of fused-ring (bicyclic) bond motifs is 1. The van der Waals surface area contributed by atoms with Gasteiger partial charge in [0.1, 0.15) is 12.1 Å². The summed E-state index contributed by atoms with van der Waals surface area (Å²) < 4.78 is 15.0. The minimum Gasteiger partial charge on any atom is -0.291 e. The van der Waals surface area contributed by atoms with Crippen LogP contribution in [0.3, 0.4) is 0 Å². The number of halogens is 1. The molecule has 4 rings (SSSR count). The third-order valence-corrected chi connectivity index (χ3v) is 4.05. The predicted molar refractivity (Wildman–Crippen MR) is 83.4 cm³/mol. The number of rotatable bonds is 3. The zero-order chi connectivity index (χ0) is 15.6. The molecule has 0 bridgehead atoms. The molecule has 0 saturated heterocycles. The van der Waals surface area contributed by atoms with E-state index in [-0.39, 0.29) is 5.82 Å². The SMILES string of the molecule is Fc1cccc(-n2ccc(CN3CCc4cncnc4C3)n2)c1. The summed E-state index contributed by atoms with van der Waals surface area (Å²) in [7, 11) is 0. The highest BCUT2D eigenvalue weighted by Gasteiger charge is 2.18. The van der Waals surface area contributed by atoms with Crippen LogP contribution in [-0.2, 0) is 19.5 Å². The average molecular weight is 309 g/mol. The molecule has 0 saturated carbocycles. The molecule has 1 aromatic carbocycles. The van der Waals surface area contributed by atoms with E-state index in [2.05, 4.69) is 20.0 Å². The maximum absolute atomic E-state index is 13.3. The first-order valence-electron chi connectivity index (χ1n) is 7.58. The maximum Gasteiger partial charge on any atom is 0.125 e. The van der Waals surface area contributed by atoms with Crippen LogP contribution in [0.4, 0.5) is 4.39 Å². The molecule has 0 amide bonds. The van der Waals surface area contributed by atoms with Crippen LogP contribution in [0.2, 0.25) is 0 Å². The molecule has 0 spiro atoms. The van der Waals surface area contributed by atoms with Gasteiger partial charge in [0.15, 0.2) is 0 Å². The summed E-state index contributed by atoms with van der Waals surface area (Å²) in [6.07, 6.45) is 6.32. The van der Waals surface area contributed by atoms with Crippen LogP contribution >= 0.6 is 0 Å². The summed E-state index contributed by atoms with van der Waals surface area (Å²) in [5, 5.41) is 4.55. The van der Waals surface area contributed by atoms with Crippen LogP contribution in [0.15, 0.2) is 49.1 Å².